The molecule has 2 N–H and O–H groups in total. The molecule has 15 heteroatoms. The summed E-state index contributed by atoms with van der Waals surface area (Å²) in [5.74, 6) is 0.919. The maximum Gasteiger partial charge on any atom is 0.313 e. The normalized spacial score (nSPS) is 23.4. The zero-order valence-corrected chi connectivity index (χ0v) is 21.2. The smallest absolute Gasteiger partial charge is 0.313 e. The Morgan fingerprint density at radius 1 is 1.19 bits per heavy atom. The molecule has 8 nitrogen and oxygen atoms in total. The minimum atomic E-state index is -9.84. The van der Waals surface area contributed by atoms with Crippen molar-refractivity contribution in [3.8, 4) is 6.07 Å². The fourth-order valence-corrected chi connectivity index (χ4v) is 6.97. The second-order valence-electron chi connectivity index (χ2n) is 9.80. The van der Waals surface area contributed by atoms with Gasteiger partial charge < -0.3 is 15.3 Å². The highest BCUT2D eigenvalue weighted by Gasteiger charge is 2.66. The Balaban J connectivity index is 1.39. The van der Waals surface area contributed by atoms with E-state index < -0.39 is 31.5 Å². The van der Waals surface area contributed by atoms with Crippen molar-refractivity contribution in [2.75, 3.05) is 35.7 Å². The quantitative estimate of drug-likeness (QED) is 0.482. The first-order chi connectivity index (χ1) is 17.2. The van der Waals surface area contributed by atoms with Crippen molar-refractivity contribution in [2.45, 2.75) is 59.8 Å². The molecule has 3 aliphatic rings. The third-order valence-corrected chi connectivity index (χ3v) is 9.93. The average Bonchev–Trinajstić information content (AvgIpc) is 3.21. The number of halogens is 5. The minimum absolute atomic E-state index is 0.0558. The summed E-state index contributed by atoms with van der Waals surface area (Å²) >= 11 is 0. The number of hydrogen-bond donors (Lipinski definition) is 2. The summed E-state index contributed by atoms with van der Waals surface area (Å²) < 4.78 is 77.7. The van der Waals surface area contributed by atoms with Crippen LogP contribution in [-0.2, 0) is 17.2 Å². The number of hydrogen-bond acceptors (Lipinski definition) is 8. The Hall–Kier alpha value is -2.57. The largest absolute Gasteiger partial charge is 0.394 e. The van der Waals surface area contributed by atoms with Crippen LogP contribution in [0.3, 0.4) is 0 Å². The molecular formula is C22H25F5N6O2S2. The molecule has 0 amide bonds. The van der Waals surface area contributed by atoms with Crippen LogP contribution in [0.1, 0.15) is 55.0 Å². The molecule has 5 rings (SSSR count). The second-order valence-corrected chi connectivity index (χ2v) is 13.7. The summed E-state index contributed by atoms with van der Waals surface area (Å²) in [6.07, 6.45) is 4.00. The predicted octanol–water partition coefficient (Wildman–Crippen LogP) is 4.78. The number of nitriles is 1. The average molecular weight is 565 g/mol. The van der Waals surface area contributed by atoms with Gasteiger partial charge in [0, 0.05) is 24.8 Å². The maximum atomic E-state index is 13.0. The molecule has 2 aliphatic heterocycles. The lowest BCUT2D eigenvalue weighted by Crippen LogP contribution is -2.48. The molecular weight excluding hydrogens is 539 g/mol. The lowest BCUT2D eigenvalue weighted by molar-refractivity contribution is 0.143. The summed E-state index contributed by atoms with van der Waals surface area (Å²) in [4.78, 5) is 12.2. The lowest BCUT2D eigenvalue weighted by Gasteiger charge is -2.42. The summed E-state index contributed by atoms with van der Waals surface area (Å²) in [6.45, 7) is 0.661. The Morgan fingerprint density at radius 2 is 1.84 bits per heavy atom. The monoisotopic (exact) mass is 564 g/mol. The highest BCUT2D eigenvalue weighted by Crippen LogP contribution is 3.01. The van der Waals surface area contributed by atoms with Gasteiger partial charge in [0.05, 0.1) is 45.8 Å². The van der Waals surface area contributed by atoms with Gasteiger partial charge in [-0.1, -0.05) is 19.4 Å². The van der Waals surface area contributed by atoms with Crippen molar-refractivity contribution >= 4 is 32.7 Å². The fourth-order valence-electron chi connectivity index (χ4n) is 5.08. The molecule has 0 radical (unpaired) electrons. The van der Waals surface area contributed by atoms with Crippen molar-refractivity contribution < 1.29 is 28.7 Å². The van der Waals surface area contributed by atoms with Gasteiger partial charge in [-0.3, -0.25) is 4.21 Å². The van der Waals surface area contributed by atoms with Crippen LogP contribution in [0.2, 0.25) is 0 Å². The number of anilines is 2. The van der Waals surface area contributed by atoms with Crippen LogP contribution < -0.4 is 10.2 Å². The van der Waals surface area contributed by atoms with Crippen molar-refractivity contribution in [1.29, 1.82) is 5.26 Å². The molecule has 0 spiro atoms. The summed E-state index contributed by atoms with van der Waals surface area (Å²) in [5.41, 5.74) is 0.482. The molecule has 4 heterocycles. The van der Waals surface area contributed by atoms with Gasteiger partial charge in [0.2, 0.25) is 0 Å². The number of nitrogens with zero attached hydrogens (tertiary/aromatic N) is 5. The molecule has 0 aromatic carbocycles. The number of nitrogens with one attached hydrogen (secondary N) is 1. The van der Waals surface area contributed by atoms with E-state index in [2.05, 4.69) is 21.4 Å². The third-order valence-electron chi connectivity index (χ3n) is 7.36. The van der Waals surface area contributed by atoms with E-state index in [9.17, 15) is 34.0 Å². The molecule has 202 valence electrons. The number of aliphatic hydroxyl groups excluding tert-OH is 1. The zero-order valence-electron chi connectivity index (χ0n) is 19.6. The molecule has 1 aliphatic carbocycles. The van der Waals surface area contributed by atoms with Gasteiger partial charge in [0.1, 0.15) is 28.4 Å². The standard InChI is InChI=1S/C22H25F5N6O2S2/c23-37(24,25,26,27)15-11-29-19(30-12-15)14-2-7-33(8-3-14)21-17(10-28)16-4-9-36(35)18(16)20(31-21)32-22(13-34)5-1-6-22/h11-12,14,34H,1-9,13H2,(H,31,32). The summed E-state index contributed by atoms with van der Waals surface area (Å²) in [6, 6.07) is 2.20. The van der Waals surface area contributed by atoms with E-state index in [0.717, 1.165) is 19.3 Å². The van der Waals surface area contributed by atoms with Gasteiger partial charge in [-0.05, 0) is 44.1 Å². The number of fused-ring (bicyclic) bond motifs is 1. The minimum Gasteiger partial charge on any atom is -0.394 e. The Morgan fingerprint density at radius 3 is 2.35 bits per heavy atom. The van der Waals surface area contributed by atoms with Crippen LogP contribution in [0.15, 0.2) is 22.2 Å². The maximum absolute atomic E-state index is 13.0. The van der Waals surface area contributed by atoms with Crippen LogP contribution in [0.25, 0.3) is 0 Å². The van der Waals surface area contributed by atoms with Crippen LogP contribution in [0.5, 0.6) is 0 Å². The molecule has 1 saturated heterocycles. The molecule has 1 atom stereocenters. The van der Waals surface area contributed by atoms with Crippen LogP contribution in [-0.4, -0.2) is 55.3 Å². The van der Waals surface area contributed by atoms with Crippen LogP contribution in [0.4, 0.5) is 31.1 Å². The molecule has 2 fully saturated rings. The first-order valence-electron chi connectivity index (χ1n) is 11.8. The van der Waals surface area contributed by atoms with Gasteiger partial charge >= 0.3 is 10.2 Å². The first kappa shape index (κ1) is 26.1. The molecule has 0 bridgehead atoms. The van der Waals surface area contributed by atoms with E-state index in [1.165, 1.54) is 0 Å². The summed E-state index contributed by atoms with van der Waals surface area (Å²) in [5, 5.41) is 23.2. The van der Waals surface area contributed by atoms with Gasteiger partial charge in [-0.2, -0.15) is 5.26 Å². The SMILES string of the molecule is N#Cc1c(N2CCC(c3ncc(S(F)(F)(F)(F)F)cn3)CC2)nc(NC2(CO)CCC2)c2c1CCS2=O. The molecule has 1 saturated carbocycles. The molecule has 2 aromatic heterocycles. The third kappa shape index (κ3) is 4.86. The Labute approximate surface area is 212 Å². The number of rotatable bonds is 6. The number of aliphatic hydroxyl groups is 1. The van der Waals surface area contributed by atoms with Crippen LogP contribution >= 0.6 is 10.2 Å². The number of pyridine rings is 1. The zero-order chi connectivity index (χ0) is 26.7. The van der Waals surface area contributed by atoms with E-state index in [-0.39, 0.29) is 30.7 Å². The highest BCUT2D eigenvalue weighted by atomic mass is 32.5. The van der Waals surface area contributed by atoms with Crippen molar-refractivity contribution in [1.82, 2.24) is 15.0 Å². The van der Waals surface area contributed by atoms with Crippen molar-refractivity contribution in [3.63, 3.8) is 0 Å². The van der Waals surface area contributed by atoms with Crippen molar-refractivity contribution in [2.24, 2.45) is 0 Å². The predicted molar refractivity (Wildman–Crippen MR) is 129 cm³/mol. The first-order valence-corrected chi connectivity index (χ1v) is 15.1. The van der Waals surface area contributed by atoms with Gasteiger partial charge in [0.15, 0.2) is 0 Å². The van der Waals surface area contributed by atoms with Gasteiger partial charge in [0.25, 0.3) is 0 Å². The molecule has 1 unspecified atom stereocenters. The Bertz CT molecular complexity index is 1300. The van der Waals surface area contributed by atoms with E-state index in [0.29, 0.717) is 65.8 Å². The van der Waals surface area contributed by atoms with Crippen LogP contribution in [0, 0.1) is 11.3 Å². The van der Waals surface area contributed by atoms with Crippen molar-refractivity contribution in [3.05, 3.63) is 29.3 Å². The topological polar surface area (TPSA) is 115 Å². The lowest BCUT2D eigenvalue weighted by atomic mass is 9.77. The number of aromatic nitrogens is 3. The fraction of sp³-hybridized carbons (Fsp3) is 0.545. The van der Waals surface area contributed by atoms with Gasteiger partial charge in [-0.25, -0.2) is 15.0 Å². The molecule has 2 aromatic rings. The number of piperidine rings is 1. The van der Waals surface area contributed by atoms with E-state index in [1.54, 1.807) is 0 Å². The van der Waals surface area contributed by atoms with Gasteiger partial charge in [-0.15, -0.1) is 0 Å². The Kier molecular flexibility index (Phi) is 5.78. The highest BCUT2D eigenvalue weighted by molar-refractivity contribution is 8.45. The second kappa shape index (κ2) is 8.21. The van der Waals surface area contributed by atoms with E-state index >= 15 is 0 Å². The molecule has 37 heavy (non-hydrogen) atoms. The summed E-state index contributed by atoms with van der Waals surface area (Å²) in [7, 11) is -11.2. The van der Waals surface area contributed by atoms with E-state index in [1.807, 2.05) is 4.90 Å². The van der Waals surface area contributed by atoms with E-state index in [4.69, 9.17) is 4.98 Å².